The number of aromatic nitrogens is 2. The van der Waals surface area contributed by atoms with E-state index in [-0.39, 0.29) is 0 Å². The SMILES string of the molecule is Cc1nc(NN)cc(NCC(C)(C)NS(C)(=O)=O)n1. The Morgan fingerprint density at radius 3 is 2.42 bits per heavy atom. The smallest absolute Gasteiger partial charge is 0.209 e. The molecule has 0 aliphatic heterocycles. The molecule has 0 aliphatic carbocycles. The molecular weight excluding hydrogens is 268 g/mol. The Morgan fingerprint density at radius 2 is 1.89 bits per heavy atom. The van der Waals surface area contributed by atoms with Crippen molar-refractivity contribution in [1.82, 2.24) is 14.7 Å². The van der Waals surface area contributed by atoms with E-state index in [2.05, 4.69) is 25.4 Å². The molecule has 0 aromatic carbocycles. The summed E-state index contributed by atoms with van der Waals surface area (Å²) in [5.41, 5.74) is 1.80. The van der Waals surface area contributed by atoms with Crippen molar-refractivity contribution in [2.24, 2.45) is 5.84 Å². The molecule has 0 saturated carbocycles. The van der Waals surface area contributed by atoms with Crippen LogP contribution in [0.3, 0.4) is 0 Å². The molecule has 0 bridgehead atoms. The van der Waals surface area contributed by atoms with Crippen LogP contribution in [0.1, 0.15) is 19.7 Å². The minimum absolute atomic E-state index is 0.376. The normalized spacial score (nSPS) is 12.3. The summed E-state index contributed by atoms with van der Waals surface area (Å²) in [6, 6.07) is 1.64. The molecule has 1 rings (SSSR count). The highest BCUT2D eigenvalue weighted by atomic mass is 32.2. The van der Waals surface area contributed by atoms with Gasteiger partial charge in [0.2, 0.25) is 10.0 Å². The van der Waals surface area contributed by atoms with Gasteiger partial charge in [-0.2, -0.15) is 0 Å². The van der Waals surface area contributed by atoms with Gasteiger partial charge in [0.15, 0.2) is 0 Å². The Balaban J connectivity index is 2.73. The van der Waals surface area contributed by atoms with Crippen LogP contribution in [-0.4, -0.2) is 36.7 Å². The van der Waals surface area contributed by atoms with Crippen LogP contribution < -0.4 is 21.3 Å². The summed E-state index contributed by atoms with van der Waals surface area (Å²) in [5, 5.41) is 3.05. The third-order valence-corrected chi connectivity index (χ3v) is 3.08. The van der Waals surface area contributed by atoms with Crippen molar-refractivity contribution >= 4 is 21.7 Å². The number of rotatable bonds is 6. The van der Waals surface area contributed by atoms with Gasteiger partial charge in [0.1, 0.15) is 17.5 Å². The van der Waals surface area contributed by atoms with Crippen molar-refractivity contribution < 1.29 is 8.42 Å². The zero-order valence-electron chi connectivity index (χ0n) is 11.5. The number of nitrogens with zero attached hydrogens (tertiary/aromatic N) is 2. The number of nitrogens with two attached hydrogens (primary N) is 1. The van der Waals surface area contributed by atoms with Gasteiger partial charge in [-0.15, -0.1) is 0 Å². The van der Waals surface area contributed by atoms with Crippen LogP contribution in [0, 0.1) is 6.92 Å². The standard InChI is InChI=1S/C10H20N6O2S/c1-7-13-8(5-9(14-7)15-11)12-6-10(2,3)16-19(4,17)18/h5,16H,6,11H2,1-4H3,(H2,12,13,14,15). The molecule has 0 fully saturated rings. The number of aryl methyl sites for hydroxylation is 1. The molecule has 9 heteroatoms. The van der Waals surface area contributed by atoms with Crippen LogP contribution in [0.4, 0.5) is 11.6 Å². The largest absolute Gasteiger partial charge is 0.368 e. The van der Waals surface area contributed by atoms with Crippen molar-refractivity contribution in [3.8, 4) is 0 Å². The minimum Gasteiger partial charge on any atom is -0.368 e. The summed E-state index contributed by atoms with van der Waals surface area (Å²) in [7, 11) is -3.26. The fourth-order valence-electron chi connectivity index (χ4n) is 1.58. The molecule has 19 heavy (non-hydrogen) atoms. The first-order valence-electron chi connectivity index (χ1n) is 5.66. The average Bonchev–Trinajstić information content (AvgIpc) is 2.22. The monoisotopic (exact) mass is 288 g/mol. The van der Waals surface area contributed by atoms with E-state index in [0.29, 0.717) is 24.0 Å². The zero-order valence-corrected chi connectivity index (χ0v) is 12.3. The van der Waals surface area contributed by atoms with E-state index >= 15 is 0 Å². The summed E-state index contributed by atoms with van der Waals surface area (Å²) in [6.07, 6.45) is 1.13. The van der Waals surface area contributed by atoms with Crippen molar-refractivity contribution in [1.29, 1.82) is 0 Å². The van der Waals surface area contributed by atoms with Crippen molar-refractivity contribution in [2.75, 3.05) is 23.5 Å². The summed E-state index contributed by atoms with van der Waals surface area (Å²) in [4.78, 5) is 8.24. The predicted octanol–water partition coefficient (Wildman–Crippen LogP) is -0.190. The van der Waals surface area contributed by atoms with Crippen LogP contribution in [0.2, 0.25) is 0 Å². The number of anilines is 2. The lowest BCUT2D eigenvalue weighted by atomic mass is 10.1. The van der Waals surface area contributed by atoms with Crippen LogP contribution >= 0.6 is 0 Å². The first kappa shape index (κ1) is 15.6. The molecule has 0 spiro atoms. The van der Waals surface area contributed by atoms with Gasteiger partial charge in [0, 0.05) is 18.2 Å². The van der Waals surface area contributed by atoms with Crippen LogP contribution in [-0.2, 0) is 10.0 Å². The lowest BCUT2D eigenvalue weighted by molar-refractivity contribution is 0.476. The van der Waals surface area contributed by atoms with Gasteiger partial charge in [0.05, 0.1) is 6.26 Å². The second kappa shape index (κ2) is 5.68. The molecule has 0 amide bonds. The maximum atomic E-state index is 11.2. The van der Waals surface area contributed by atoms with E-state index in [4.69, 9.17) is 5.84 Å². The maximum absolute atomic E-state index is 11.2. The van der Waals surface area contributed by atoms with Gasteiger partial charge in [-0.05, 0) is 20.8 Å². The molecule has 5 N–H and O–H groups in total. The maximum Gasteiger partial charge on any atom is 0.209 e. The molecule has 0 aliphatic rings. The second-order valence-electron chi connectivity index (χ2n) is 4.94. The molecule has 0 unspecified atom stereocenters. The van der Waals surface area contributed by atoms with E-state index < -0.39 is 15.6 Å². The average molecular weight is 288 g/mol. The number of hydrogen-bond acceptors (Lipinski definition) is 7. The van der Waals surface area contributed by atoms with Gasteiger partial charge in [-0.25, -0.2) is 29.0 Å². The highest BCUT2D eigenvalue weighted by Gasteiger charge is 2.22. The van der Waals surface area contributed by atoms with E-state index in [1.165, 1.54) is 0 Å². The molecule has 8 nitrogen and oxygen atoms in total. The van der Waals surface area contributed by atoms with Gasteiger partial charge in [-0.1, -0.05) is 0 Å². The molecule has 0 radical (unpaired) electrons. The molecule has 108 valence electrons. The summed E-state index contributed by atoms with van der Waals surface area (Å²) < 4.78 is 25.0. The Kier molecular flexibility index (Phi) is 4.66. The third-order valence-electron chi connectivity index (χ3n) is 2.16. The highest BCUT2D eigenvalue weighted by Crippen LogP contribution is 2.12. The third kappa shape index (κ3) is 5.81. The topological polar surface area (TPSA) is 122 Å². The molecule has 0 saturated heterocycles. The van der Waals surface area contributed by atoms with Gasteiger partial charge in [-0.3, -0.25) is 0 Å². The quantitative estimate of drug-likeness (QED) is 0.423. The molecule has 1 aromatic heterocycles. The van der Waals surface area contributed by atoms with Gasteiger partial charge in [0.25, 0.3) is 0 Å². The van der Waals surface area contributed by atoms with Crippen LogP contribution in [0.15, 0.2) is 6.07 Å². The van der Waals surface area contributed by atoms with Gasteiger partial charge >= 0.3 is 0 Å². The molecule has 1 aromatic rings. The predicted molar refractivity (Wildman–Crippen MR) is 75.1 cm³/mol. The second-order valence-corrected chi connectivity index (χ2v) is 6.69. The molecule has 1 heterocycles. The number of sulfonamides is 1. The van der Waals surface area contributed by atoms with E-state index in [9.17, 15) is 8.42 Å². The van der Waals surface area contributed by atoms with Crippen molar-refractivity contribution in [3.63, 3.8) is 0 Å². The first-order chi connectivity index (χ1) is 8.61. The Morgan fingerprint density at radius 1 is 1.32 bits per heavy atom. The molecular formula is C10H20N6O2S. The Bertz CT molecular complexity index is 543. The van der Waals surface area contributed by atoms with E-state index in [1.54, 1.807) is 26.8 Å². The van der Waals surface area contributed by atoms with Crippen molar-refractivity contribution in [2.45, 2.75) is 26.3 Å². The summed E-state index contributed by atoms with van der Waals surface area (Å²) in [5.74, 6) is 6.92. The van der Waals surface area contributed by atoms with E-state index in [0.717, 1.165) is 6.26 Å². The van der Waals surface area contributed by atoms with E-state index in [1.807, 2.05) is 0 Å². The Labute approximate surface area is 113 Å². The fraction of sp³-hybridized carbons (Fsp3) is 0.600. The number of hydrazine groups is 1. The van der Waals surface area contributed by atoms with Crippen LogP contribution in [0.25, 0.3) is 0 Å². The van der Waals surface area contributed by atoms with Crippen LogP contribution in [0.5, 0.6) is 0 Å². The number of nitrogens with one attached hydrogen (secondary N) is 3. The zero-order chi connectivity index (χ0) is 14.7. The van der Waals surface area contributed by atoms with Gasteiger partial charge < -0.3 is 10.7 Å². The fourth-order valence-corrected chi connectivity index (χ4v) is 2.66. The highest BCUT2D eigenvalue weighted by molar-refractivity contribution is 7.88. The summed E-state index contributed by atoms with van der Waals surface area (Å²) in [6.45, 7) is 5.67. The lowest BCUT2D eigenvalue weighted by Crippen LogP contribution is -2.47. The summed E-state index contributed by atoms with van der Waals surface area (Å²) >= 11 is 0. The lowest BCUT2D eigenvalue weighted by Gasteiger charge is -2.25. The number of nitrogen functional groups attached to an aromatic ring is 1. The molecule has 0 atom stereocenters. The first-order valence-corrected chi connectivity index (χ1v) is 7.55. The minimum atomic E-state index is -3.26. The Hall–Kier alpha value is -1.45. The van der Waals surface area contributed by atoms with Crippen molar-refractivity contribution in [3.05, 3.63) is 11.9 Å². The number of hydrogen-bond donors (Lipinski definition) is 4.